The molecule has 1 heterocycles. The molecule has 0 radical (unpaired) electrons. The number of ether oxygens (including phenoxy) is 1. The fourth-order valence-electron chi connectivity index (χ4n) is 2.14. The van der Waals surface area contributed by atoms with Crippen LogP contribution < -0.4 is 5.32 Å². The second kappa shape index (κ2) is 4.77. The van der Waals surface area contributed by atoms with Gasteiger partial charge in [0.25, 0.3) is 0 Å². The first kappa shape index (κ1) is 9.22. The highest BCUT2D eigenvalue weighted by atomic mass is 16.5. The molecule has 0 aromatic heterocycles. The largest absolute Gasteiger partial charge is 0.381 e. The van der Waals surface area contributed by atoms with Gasteiger partial charge in [-0.25, -0.2) is 0 Å². The zero-order valence-electron chi connectivity index (χ0n) is 8.17. The third kappa shape index (κ3) is 2.82. The molecular formula is C11H19NO. The highest BCUT2D eigenvalue weighted by Crippen LogP contribution is 2.14. The second-order valence-electron chi connectivity index (χ2n) is 4.03. The lowest BCUT2D eigenvalue weighted by molar-refractivity contribution is 0.0745. The predicted octanol–water partition coefficient (Wildman–Crippen LogP) is 1.86. The molecule has 1 aliphatic heterocycles. The zero-order chi connectivity index (χ0) is 8.93. The first-order valence-electron chi connectivity index (χ1n) is 5.44. The van der Waals surface area contributed by atoms with Gasteiger partial charge in [0.2, 0.25) is 0 Å². The van der Waals surface area contributed by atoms with E-state index >= 15 is 0 Å². The third-order valence-corrected chi connectivity index (χ3v) is 2.96. The fourth-order valence-corrected chi connectivity index (χ4v) is 2.14. The van der Waals surface area contributed by atoms with E-state index in [1.54, 1.807) is 0 Å². The first-order valence-corrected chi connectivity index (χ1v) is 5.44. The van der Waals surface area contributed by atoms with Crippen LogP contribution in [0.3, 0.4) is 0 Å². The van der Waals surface area contributed by atoms with Crippen molar-refractivity contribution in [3.63, 3.8) is 0 Å². The SMILES string of the molecule is C1=CCC(NC2CCOCC2)CC1. The maximum atomic E-state index is 5.33. The molecule has 2 heteroatoms. The number of hydrogen-bond donors (Lipinski definition) is 1. The fraction of sp³-hybridized carbons (Fsp3) is 0.818. The van der Waals surface area contributed by atoms with Crippen molar-refractivity contribution in [1.29, 1.82) is 0 Å². The zero-order valence-corrected chi connectivity index (χ0v) is 8.17. The number of nitrogens with one attached hydrogen (secondary N) is 1. The molecule has 13 heavy (non-hydrogen) atoms. The number of hydrogen-bond acceptors (Lipinski definition) is 2. The van der Waals surface area contributed by atoms with Crippen molar-refractivity contribution >= 4 is 0 Å². The van der Waals surface area contributed by atoms with Gasteiger partial charge in [-0.1, -0.05) is 12.2 Å². The minimum atomic E-state index is 0.713. The van der Waals surface area contributed by atoms with Crippen LogP contribution in [0, 0.1) is 0 Å². The molecule has 1 fully saturated rings. The van der Waals surface area contributed by atoms with E-state index in [1.807, 2.05) is 0 Å². The van der Waals surface area contributed by atoms with Crippen LogP contribution in [-0.2, 0) is 4.74 Å². The summed E-state index contributed by atoms with van der Waals surface area (Å²) < 4.78 is 5.33. The Hall–Kier alpha value is -0.340. The van der Waals surface area contributed by atoms with Crippen molar-refractivity contribution in [2.24, 2.45) is 0 Å². The summed E-state index contributed by atoms with van der Waals surface area (Å²) in [6.07, 6.45) is 10.8. The molecule has 0 aromatic rings. The molecule has 1 unspecified atom stereocenters. The highest BCUT2D eigenvalue weighted by molar-refractivity contribution is 4.94. The van der Waals surface area contributed by atoms with Gasteiger partial charge in [0.1, 0.15) is 0 Å². The Morgan fingerprint density at radius 1 is 1.00 bits per heavy atom. The maximum Gasteiger partial charge on any atom is 0.0480 e. The Morgan fingerprint density at radius 3 is 2.54 bits per heavy atom. The van der Waals surface area contributed by atoms with E-state index < -0.39 is 0 Å². The molecule has 2 aliphatic rings. The summed E-state index contributed by atoms with van der Waals surface area (Å²) in [5.41, 5.74) is 0. The number of allylic oxidation sites excluding steroid dienone is 1. The van der Waals surface area contributed by atoms with Crippen LogP contribution in [0.1, 0.15) is 32.1 Å². The summed E-state index contributed by atoms with van der Waals surface area (Å²) in [7, 11) is 0. The molecule has 1 aliphatic carbocycles. The van der Waals surface area contributed by atoms with E-state index in [9.17, 15) is 0 Å². The lowest BCUT2D eigenvalue weighted by atomic mass is 9.99. The van der Waals surface area contributed by atoms with Crippen LogP contribution in [0.5, 0.6) is 0 Å². The predicted molar refractivity (Wildman–Crippen MR) is 53.8 cm³/mol. The lowest BCUT2D eigenvalue weighted by Gasteiger charge is -2.29. The summed E-state index contributed by atoms with van der Waals surface area (Å²) in [6, 6.07) is 1.44. The van der Waals surface area contributed by atoms with E-state index in [0.717, 1.165) is 19.3 Å². The van der Waals surface area contributed by atoms with Crippen LogP contribution in [0.4, 0.5) is 0 Å². The molecule has 74 valence electrons. The molecule has 0 bridgehead atoms. The Bertz CT molecular complexity index is 173. The minimum Gasteiger partial charge on any atom is -0.381 e. The first-order chi connectivity index (χ1) is 6.45. The maximum absolute atomic E-state index is 5.33. The average molecular weight is 181 g/mol. The van der Waals surface area contributed by atoms with Gasteiger partial charge in [0, 0.05) is 25.3 Å². The van der Waals surface area contributed by atoms with Gasteiger partial charge < -0.3 is 10.1 Å². The van der Waals surface area contributed by atoms with E-state index in [2.05, 4.69) is 17.5 Å². The lowest BCUT2D eigenvalue weighted by Crippen LogP contribution is -2.41. The molecule has 2 rings (SSSR count). The Labute approximate surface area is 80.4 Å². The van der Waals surface area contributed by atoms with Crippen molar-refractivity contribution in [2.75, 3.05) is 13.2 Å². The topological polar surface area (TPSA) is 21.3 Å². The molecule has 0 amide bonds. The summed E-state index contributed by atoms with van der Waals surface area (Å²) in [6.45, 7) is 1.89. The summed E-state index contributed by atoms with van der Waals surface area (Å²) in [4.78, 5) is 0. The van der Waals surface area contributed by atoms with Gasteiger partial charge in [0.15, 0.2) is 0 Å². The summed E-state index contributed by atoms with van der Waals surface area (Å²) in [5, 5.41) is 3.73. The monoisotopic (exact) mass is 181 g/mol. The standard InChI is InChI=1S/C11H19NO/c1-2-4-10(5-3-1)12-11-6-8-13-9-7-11/h1-2,10-12H,3-9H2. The van der Waals surface area contributed by atoms with Crippen molar-refractivity contribution in [3.8, 4) is 0 Å². The van der Waals surface area contributed by atoms with Gasteiger partial charge in [-0.2, -0.15) is 0 Å². The van der Waals surface area contributed by atoms with Crippen molar-refractivity contribution < 1.29 is 4.74 Å². The molecule has 0 saturated carbocycles. The molecule has 1 atom stereocenters. The van der Waals surface area contributed by atoms with Crippen LogP contribution in [-0.4, -0.2) is 25.3 Å². The average Bonchev–Trinajstić information content (AvgIpc) is 2.21. The number of rotatable bonds is 2. The van der Waals surface area contributed by atoms with Gasteiger partial charge in [-0.3, -0.25) is 0 Å². The normalized spacial score (nSPS) is 30.6. The quantitative estimate of drug-likeness (QED) is 0.657. The molecule has 1 N–H and O–H groups in total. The summed E-state index contributed by atoms with van der Waals surface area (Å²) >= 11 is 0. The Balaban J connectivity index is 1.72. The Kier molecular flexibility index (Phi) is 3.39. The van der Waals surface area contributed by atoms with Gasteiger partial charge >= 0.3 is 0 Å². The van der Waals surface area contributed by atoms with E-state index in [1.165, 1.54) is 32.1 Å². The smallest absolute Gasteiger partial charge is 0.0480 e. The van der Waals surface area contributed by atoms with Gasteiger partial charge in [-0.05, 0) is 32.1 Å². The highest BCUT2D eigenvalue weighted by Gasteiger charge is 2.17. The molecule has 0 spiro atoms. The van der Waals surface area contributed by atoms with Crippen LogP contribution in [0.15, 0.2) is 12.2 Å². The van der Waals surface area contributed by atoms with Crippen LogP contribution >= 0.6 is 0 Å². The van der Waals surface area contributed by atoms with Crippen LogP contribution in [0.2, 0.25) is 0 Å². The van der Waals surface area contributed by atoms with E-state index in [4.69, 9.17) is 4.74 Å². The van der Waals surface area contributed by atoms with Crippen molar-refractivity contribution in [1.82, 2.24) is 5.32 Å². The molecule has 0 aromatic carbocycles. The Morgan fingerprint density at radius 2 is 1.85 bits per heavy atom. The van der Waals surface area contributed by atoms with E-state index in [-0.39, 0.29) is 0 Å². The third-order valence-electron chi connectivity index (χ3n) is 2.96. The molecule has 1 saturated heterocycles. The minimum absolute atomic E-state index is 0.713. The van der Waals surface area contributed by atoms with Gasteiger partial charge in [-0.15, -0.1) is 0 Å². The molecule has 2 nitrogen and oxygen atoms in total. The van der Waals surface area contributed by atoms with Crippen molar-refractivity contribution in [2.45, 2.75) is 44.2 Å². The summed E-state index contributed by atoms with van der Waals surface area (Å²) in [5.74, 6) is 0. The van der Waals surface area contributed by atoms with Crippen LogP contribution in [0.25, 0.3) is 0 Å². The van der Waals surface area contributed by atoms with Gasteiger partial charge in [0.05, 0.1) is 0 Å². The van der Waals surface area contributed by atoms with Crippen molar-refractivity contribution in [3.05, 3.63) is 12.2 Å². The second-order valence-corrected chi connectivity index (χ2v) is 4.03. The molecular weight excluding hydrogens is 162 g/mol. The van der Waals surface area contributed by atoms with E-state index in [0.29, 0.717) is 6.04 Å².